The van der Waals surface area contributed by atoms with Crippen LogP contribution in [-0.2, 0) is 4.74 Å². The zero-order valence-corrected chi connectivity index (χ0v) is 11.7. The monoisotopic (exact) mass is 269 g/mol. The van der Waals surface area contributed by atoms with E-state index in [1.165, 1.54) is 5.56 Å². The molecule has 0 amide bonds. The van der Waals surface area contributed by atoms with Gasteiger partial charge >= 0.3 is 0 Å². The summed E-state index contributed by atoms with van der Waals surface area (Å²) in [6.45, 7) is 2.18. The number of phenols is 1. The molecule has 1 N–H and O–H groups in total. The molecule has 3 nitrogen and oxygen atoms in total. The molecule has 3 rings (SSSR count). The van der Waals surface area contributed by atoms with Crippen LogP contribution in [0.1, 0.15) is 30.4 Å². The van der Waals surface area contributed by atoms with Gasteiger partial charge in [-0.3, -0.25) is 4.90 Å². The standard InChI is InChI=1S/C17H19NO2/c1-12-16(13-6-4-3-5-7-13)20-17(18(12)2)14-8-10-15(19)11-9-14/h3-12,16-17,19H,1-2H3/t12-,16-,17-/m0/s1. The lowest BCUT2D eigenvalue weighted by Crippen LogP contribution is -2.27. The minimum atomic E-state index is -0.0733. The first kappa shape index (κ1) is 13.2. The minimum Gasteiger partial charge on any atom is -0.508 e. The number of rotatable bonds is 2. The quantitative estimate of drug-likeness (QED) is 0.906. The van der Waals surface area contributed by atoms with Crippen LogP contribution in [0.3, 0.4) is 0 Å². The molecule has 1 heterocycles. The average Bonchev–Trinajstić information content (AvgIpc) is 2.77. The van der Waals surface area contributed by atoms with Gasteiger partial charge in [-0.2, -0.15) is 0 Å². The fraction of sp³-hybridized carbons (Fsp3) is 0.294. The molecule has 104 valence electrons. The fourth-order valence-corrected chi connectivity index (χ4v) is 2.73. The van der Waals surface area contributed by atoms with Gasteiger partial charge < -0.3 is 9.84 Å². The molecule has 0 saturated carbocycles. The van der Waals surface area contributed by atoms with E-state index in [0.29, 0.717) is 6.04 Å². The van der Waals surface area contributed by atoms with E-state index >= 15 is 0 Å². The molecular weight excluding hydrogens is 250 g/mol. The summed E-state index contributed by atoms with van der Waals surface area (Å²) in [5.41, 5.74) is 2.27. The molecule has 2 aromatic rings. The van der Waals surface area contributed by atoms with E-state index in [-0.39, 0.29) is 18.1 Å². The van der Waals surface area contributed by atoms with Crippen molar-refractivity contribution in [2.24, 2.45) is 0 Å². The molecule has 0 radical (unpaired) electrons. The molecule has 1 saturated heterocycles. The predicted octanol–water partition coefficient (Wildman–Crippen LogP) is 3.48. The van der Waals surface area contributed by atoms with Crippen molar-refractivity contribution in [1.82, 2.24) is 4.90 Å². The van der Waals surface area contributed by atoms with Crippen molar-refractivity contribution in [2.75, 3.05) is 7.05 Å². The van der Waals surface area contributed by atoms with Crippen LogP contribution in [0.2, 0.25) is 0 Å². The summed E-state index contributed by atoms with van der Waals surface area (Å²) < 4.78 is 6.24. The van der Waals surface area contributed by atoms with Crippen LogP contribution in [0, 0.1) is 0 Å². The molecule has 0 aromatic heterocycles. The summed E-state index contributed by atoms with van der Waals surface area (Å²) in [5, 5.41) is 9.39. The Bertz CT molecular complexity index is 567. The highest BCUT2D eigenvalue weighted by Gasteiger charge is 2.38. The van der Waals surface area contributed by atoms with Gasteiger partial charge in [-0.15, -0.1) is 0 Å². The number of ether oxygens (including phenoxy) is 1. The molecule has 20 heavy (non-hydrogen) atoms. The molecule has 0 aliphatic carbocycles. The van der Waals surface area contributed by atoms with Crippen molar-refractivity contribution in [3.05, 3.63) is 65.7 Å². The molecule has 1 aliphatic rings. The summed E-state index contributed by atoms with van der Waals surface area (Å²) in [4.78, 5) is 2.23. The third-order valence-electron chi connectivity index (χ3n) is 4.03. The number of hydrogen-bond donors (Lipinski definition) is 1. The van der Waals surface area contributed by atoms with E-state index in [1.807, 2.05) is 30.3 Å². The lowest BCUT2D eigenvalue weighted by Gasteiger charge is -2.21. The van der Waals surface area contributed by atoms with Crippen molar-refractivity contribution in [2.45, 2.75) is 25.3 Å². The van der Waals surface area contributed by atoms with Gasteiger partial charge in [0.25, 0.3) is 0 Å². The lowest BCUT2D eigenvalue weighted by molar-refractivity contribution is 0.00558. The number of likely N-dealkylation sites (N-methyl/N-ethyl adjacent to an activating group) is 1. The number of hydrogen-bond acceptors (Lipinski definition) is 3. The summed E-state index contributed by atoms with van der Waals surface area (Å²) in [5.74, 6) is 0.280. The Kier molecular flexibility index (Phi) is 3.47. The fourth-order valence-electron chi connectivity index (χ4n) is 2.73. The second-order valence-electron chi connectivity index (χ2n) is 5.32. The smallest absolute Gasteiger partial charge is 0.137 e. The van der Waals surface area contributed by atoms with E-state index < -0.39 is 0 Å². The Morgan fingerprint density at radius 2 is 1.60 bits per heavy atom. The molecule has 3 atom stereocenters. The number of aromatic hydroxyl groups is 1. The third-order valence-corrected chi connectivity index (χ3v) is 4.03. The van der Waals surface area contributed by atoms with Gasteiger partial charge in [0.2, 0.25) is 0 Å². The van der Waals surface area contributed by atoms with E-state index in [2.05, 4.69) is 31.0 Å². The number of nitrogens with zero attached hydrogens (tertiary/aromatic N) is 1. The Morgan fingerprint density at radius 1 is 0.950 bits per heavy atom. The highest BCUT2D eigenvalue weighted by atomic mass is 16.5. The van der Waals surface area contributed by atoms with Gasteiger partial charge in [-0.05, 0) is 37.2 Å². The molecule has 0 spiro atoms. The second kappa shape index (κ2) is 5.27. The van der Waals surface area contributed by atoms with Crippen LogP contribution in [-0.4, -0.2) is 23.1 Å². The van der Waals surface area contributed by atoms with Crippen molar-refractivity contribution < 1.29 is 9.84 Å². The Labute approximate surface area is 119 Å². The van der Waals surface area contributed by atoms with Crippen molar-refractivity contribution in [3.8, 4) is 5.75 Å². The topological polar surface area (TPSA) is 32.7 Å². The summed E-state index contributed by atoms with van der Waals surface area (Å²) >= 11 is 0. The van der Waals surface area contributed by atoms with Crippen molar-refractivity contribution in [1.29, 1.82) is 0 Å². The van der Waals surface area contributed by atoms with Gasteiger partial charge in [-0.1, -0.05) is 42.5 Å². The van der Waals surface area contributed by atoms with Crippen molar-refractivity contribution in [3.63, 3.8) is 0 Å². The Morgan fingerprint density at radius 3 is 2.25 bits per heavy atom. The van der Waals surface area contributed by atoms with Crippen LogP contribution >= 0.6 is 0 Å². The van der Waals surface area contributed by atoms with E-state index in [1.54, 1.807) is 12.1 Å². The highest BCUT2D eigenvalue weighted by molar-refractivity contribution is 5.28. The molecule has 2 aromatic carbocycles. The van der Waals surface area contributed by atoms with Crippen LogP contribution in [0.25, 0.3) is 0 Å². The first-order chi connectivity index (χ1) is 9.66. The zero-order chi connectivity index (χ0) is 14.1. The van der Waals surface area contributed by atoms with Crippen molar-refractivity contribution >= 4 is 0 Å². The maximum absolute atomic E-state index is 9.39. The third kappa shape index (κ3) is 2.30. The van der Waals surface area contributed by atoms with E-state index in [4.69, 9.17) is 4.74 Å². The van der Waals surface area contributed by atoms with Gasteiger partial charge in [0.1, 0.15) is 18.1 Å². The SMILES string of the molecule is C[C@H]1[C@@H](c2ccccc2)O[C@@H](c2ccc(O)cc2)N1C. The highest BCUT2D eigenvalue weighted by Crippen LogP contribution is 2.41. The van der Waals surface area contributed by atoms with Crippen LogP contribution in [0.4, 0.5) is 0 Å². The minimum absolute atomic E-state index is 0.0694. The summed E-state index contributed by atoms with van der Waals surface area (Å²) in [6, 6.07) is 17.8. The molecular formula is C17H19NO2. The molecule has 1 fully saturated rings. The zero-order valence-electron chi connectivity index (χ0n) is 11.7. The summed E-state index contributed by atoms with van der Waals surface area (Å²) in [7, 11) is 2.07. The summed E-state index contributed by atoms with van der Waals surface area (Å²) in [6.07, 6.45) is -0.00388. The normalized spacial score (nSPS) is 26.8. The van der Waals surface area contributed by atoms with Gasteiger partial charge in [0.05, 0.1) is 0 Å². The maximum Gasteiger partial charge on any atom is 0.137 e. The van der Waals surface area contributed by atoms with Crippen LogP contribution in [0.5, 0.6) is 5.75 Å². The van der Waals surface area contributed by atoms with Gasteiger partial charge in [0.15, 0.2) is 0 Å². The molecule has 1 aliphatic heterocycles. The average molecular weight is 269 g/mol. The Hall–Kier alpha value is -1.84. The second-order valence-corrected chi connectivity index (χ2v) is 5.32. The molecule has 3 heteroatoms. The van der Waals surface area contributed by atoms with Gasteiger partial charge in [0, 0.05) is 6.04 Å². The molecule has 0 unspecified atom stereocenters. The van der Waals surface area contributed by atoms with E-state index in [9.17, 15) is 5.11 Å². The first-order valence-corrected chi connectivity index (χ1v) is 6.88. The van der Waals surface area contributed by atoms with E-state index in [0.717, 1.165) is 5.56 Å². The first-order valence-electron chi connectivity index (χ1n) is 6.88. The Balaban J connectivity index is 1.87. The predicted molar refractivity (Wildman–Crippen MR) is 78.3 cm³/mol. The lowest BCUT2D eigenvalue weighted by atomic mass is 10.0. The van der Waals surface area contributed by atoms with Gasteiger partial charge in [-0.25, -0.2) is 0 Å². The largest absolute Gasteiger partial charge is 0.508 e. The number of phenolic OH excluding ortho intramolecular Hbond substituents is 1. The molecule has 0 bridgehead atoms. The number of benzene rings is 2. The maximum atomic E-state index is 9.39. The van der Waals surface area contributed by atoms with Crippen LogP contribution < -0.4 is 0 Å². The van der Waals surface area contributed by atoms with Crippen LogP contribution in [0.15, 0.2) is 54.6 Å².